The number of rotatable bonds is 2. The molecular weight excluding hydrogens is 645 g/mol. The third-order valence-corrected chi connectivity index (χ3v) is 11.8. The predicted molar refractivity (Wildman–Crippen MR) is 222 cm³/mol. The summed E-state index contributed by atoms with van der Waals surface area (Å²) in [6, 6.07) is 62.3. The molecule has 0 amide bonds. The van der Waals surface area contributed by atoms with Crippen LogP contribution in [-0.4, -0.2) is 9.13 Å². The lowest BCUT2D eigenvalue weighted by Gasteiger charge is -2.13. The Morgan fingerprint density at radius 2 is 1.00 bits per heavy atom. The molecule has 0 radical (unpaired) electrons. The third-order valence-electron chi connectivity index (χ3n) is 11.8. The summed E-state index contributed by atoms with van der Waals surface area (Å²) < 4.78 is 11.5. The molecule has 3 heterocycles. The van der Waals surface area contributed by atoms with Gasteiger partial charge in [-0.15, -0.1) is 0 Å². The predicted octanol–water partition coefficient (Wildman–Crippen LogP) is 13.7. The van der Waals surface area contributed by atoms with E-state index >= 15 is 0 Å². The summed E-state index contributed by atoms with van der Waals surface area (Å²) in [7, 11) is 0. The summed E-state index contributed by atoms with van der Waals surface area (Å²) in [4.78, 5) is 0. The van der Waals surface area contributed by atoms with Gasteiger partial charge in [0, 0.05) is 38.3 Å². The van der Waals surface area contributed by atoms with Crippen LogP contribution < -0.4 is 0 Å². The lowest BCUT2D eigenvalue weighted by atomic mass is 10.0. The highest BCUT2D eigenvalue weighted by Gasteiger charge is 2.26. The first-order chi connectivity index (χ1) is 26.3. The summed E-state index contributed by atoms with van der Waals surface area (Å²) in [6.45, 7) is 0. The van der Waals surface area contributed by atoms with Gasteiger partial charge in [0.1, 0.15) is 11.2 Å². The second-order valence-corrected chi connectivity index (χ2v) is 14.5. The highest BCUT2D eigenvalue weighted by molar-refractivity contribution is 6.31. The van der Waals surface area contributed by atoms with Crippen molar-refractivity contribution >= 4 is 87.1 Å². The molecule has 0 unspecified atom stereocenters. The minimum absolute atomic E-state index is 0.896. The van der Waals surface area contributed by atoms with Crippen LogP contribution in [0.15, 0.2) is 174 Å². The van der Waals surface area contributed by atoms with E-state index in [4.69, 9.17) is 4.42 Å². The van der Waals surface area contributed by atoms with E-state index in [0.29, 0.717) is 0 Å². The molecule has 1 aliphatic rings. The Balaban J connectivity index is 1.24. The van der Waals surface area contributed by atoms with E-state index < -0.39 is 0 Å². The van der Waals surface area contributed by atoms with Crippen molar-refractivity contribution in [1.82, 2.24) is 9.13 Å². The van der Waals surface area contributed by atoms with Gasteiger partial charge in [0.25, 0.3) is 0 Å². The van der Waals surface area contributed by atoms with Crippen molar-refractivity contribution in [2.45, 2.75) is 0 Å². The van der Waals surface area contributed by atoms with Crippen LogP contribution in [0.5, 0.6) is 0 Å². The van der Waals surface area contributed by atoms with Gasteiger partial charge in [0.2, 0.25) is 0 Å². The van der Waals surface area contributed by atoms with Gasteiger partial charge in [-0.2, -0.15) is 0 Å². The van der Waals surface area contributed by atoms with Crippen molar-refractivity contribution in [2.75, 3.05) is 0 Å². The molecule has 0 spiro atoms. The normalized spacial score (nSPS) is 12.5. The van der Waals surface area contributed by atoms with Gasteiger partial charge >= 0.3 is 0 Å². The maximum atomic E-state index is 6.53. The number of nitrogens with zero attached hydrogens (tertiary/aromatic N) is 2. The minimum atomic E-state index is 0.896. The van der Waals surface area contributed by atoms with E-state index in [9.17, 15) is 0 Å². The van der Waals surface area contributed by atoms with Crippen LogP contribution in [0.3, 0.4) is 0 Å². The highest BCUT2D eigenvalue weighted by Crippen LogP contribution is 2.50. The van der Waals surface area contributed by atoms with Crippen LogP contribution in [0.2, 0.25) is 0 Å². The molecule has 244 valence electrons. The number of hydrogen-bond acceptors (Lipinski definition) is 1. The summed E-state index contributed by atoms with van der Waals surface area (Å²) in [5.41, 5.74) is 14.1. The van der Waals surface area contributed by atoms with Crippen LogP contribution in [-0.2, 0) is 0 Å². The standard InChI is InChI=1S/C50H28N2O/c1-2-11-30-26-32(21-20-29(30)10-1)51-43-24-22-38-36-15-5-7-18-42(36)52(33-27-31-12-9-17-37-34-13-3-4-14-35(34)41(28-33)46(31)37)49(38)47(43)40-23-25-45-48(50(40)51)39-16-6-8-19-44(39)53-45/h1-28H. The van der Waals surface area contributed by atoms with Crippen LogP contribution in [0.25, 0.3) is 121 Å². The second-order valence-electron chi connectivity index (χ2n) is 14.5. The van der Waals surface area contributed by atoms with Gasteiger partial charge in [-0.25, -0.2) is 0 Å². The average molecular weight is 673 g/mol. The first-order valence-electron chi connectivity index (χ1n) is 18.3. The number of aromatic nitrogens is 2. The SMILES string of the molecule is c1ccc2c(c1)-c1cccc3cc(-n4c5ccccc5c5ccc6c(c7ccc8oc9ccccc9c8c7n6-c6ccc7ccccc7c6)c54)cc-2c13. The highest BCUT2D eigenvalue weighted by atomic mass is 16.3. The molecule has 12 aromatic rings. The minimum Gasteiger partial charge on any atom is -0.456 e. The van der Waals surface area contributed by atoms with Gasteiger partial charge < -0.3 is 13.6 Å². The van der Waals surface area contributed by atoms with Crippen molar-refractivity contribution in [3.8, 4) is 33.6 Å². The number of fused-ring (bicyclic) bond motifs is 15. The molecule has 0 bridgehead atoms. The van der Waals surface area contributed by atoms with Crippen LogP contribution in [0.1, 0.15) is 0 Å². The zero-order valence-corrected chi connectivity index (χ0v) is 28.5. The molecule has 1 aliphatic carbocycles. The van der Waals surface area contributed by atoms with Crippen LogP contribution in [0, 0.1) is 0 Å². The number of furan rings is 1. The molecule has 3 heteroatoms. The van der Waals surface area contributed by atoms with E-state index in [1.807, 2.05) is 0 Å². The Kier molecular flexibility index (Phi) is 5.11. The molecule has 0 fully saturated rings. The summed E-state index contributed by atoms with van der Waals surface area (Å²) in [5, 5.41) is 12.2. The molecule has 0 atom stereocenters. The average Bonchev–Trinajstić information content (AvgIpc) is 3.95. The van der Waals surface area contributed by atoms with Gasteiger partial charge in [-0.05, 0) is 98.4 Å². The zero-order chi connectivity index (χ0) is 34.4. The molecule has 0 saturated heterocycles. The fourth-order valence-corrected chi connectivity index (χ4v) is 9.63. The maximum absolute atomic E-state index is 6.53. The number of para-hydroxylation sites is 2. The molecule has 53 heavy (non-hydrogen) atoms. The van der Waals surface area contributed by atoms with Gasteiger partial charge in [-0.1, -0.05) is 115 Å². The quantitative estimate of drug-likeness (QED) is 0.179. The Hall–Kier alpha value is -7.10. The van der Waals surface area contributed by atoms with Crippen molar-refractivity contribution in [1.29, 1.82) is 0 Å². The van der Waals surface area contributed by atoms with Crippen LogP contribution in [0.4, 0.5) is 0 Å². The van der Waals surface area contributed by atoms with Crippen molar-refractivity contribution < 1.29 is 4.42 Å². The van der Waals surface area contributed by atoms with Crippen molar-refractivity contribution in [3.05, 3.63) is 170 Å². The summed E-state index contributed by atoms with van der Waals surface area (Å²) in [6.07, 6.45) is 0. The zero-order valence-electron chi connectivity index (χ0n) is 28.5. The second kappa shape index (κ2) is 9.81. The van der Waals surface area contributed by atoms with E-state index in [1.165, 1.54) is 87.6 Å². The van der Waals surface area contributed by atoms with Crippen molar-refractivity contribution in [2.24, 2.45) is 0 Å². The Morgan fingerprint density at radius 3 is 1.92 bits per heavy atom. The van der Waals surface area contributed by atoms with E-state index in [0.717, 1.165) is 33.1 Å². The topological polar surface area (TPSA) is 23.0 Å². The first-order valence-corrected chi connectivity index (χ1v) is 18.3. The molecule has 3 nitrogen and oxygen atoms in total. The summed E-state index contributed by atoms with van der Waals surface area (Å²) >= 11 is 0. The molecular formula is C50H28N2O. The monoisotopic (exact) mass is 672 g/mol. The molecule has 3 aromatic heterocycles. The van der Waals surface area contributed by atoms with Gasteiger partial charge in [0.15, 0.2) is 0 Å². The maximum Gasteiger partial charge on any atom is 0.137 e. The molecule has 13 rings (SSSR count). The van der Waals surface area contributed by atoms with E-state index in [-0.39, 0.29) is 0 Å². The third kappa shape index (κ3) is 3.49. The van der Waals surface area contributed by atoms with Crippen molar-refractivity contribution in [3.63, 3.8) is 0 Å². The largest absolute Gasteiger partial charge is 0.456 e. The Bertz CT molecular complexity index is 3570. The number of benzene rings is 9. The number of hydrogen-bond donors (Lipinski definition) is 0. The molecule has 0 N–H and O–H groups in total. The first kappa shape index (κ1) is 27.6. The molecule has 9 aromatic carbocycles. The van der Waals surface area contributed by atoms with E-state index in [1.54, 1.807) is 0 Å². The lowest BCUT2D eigenvalue weighted by Crippen LogP contribution is -1.96. The summed E-state index contributed by atoms with van der Waals surface area (Å²) in [5.74, 6) is 0. The molecule has 0 aliphatic heterocycles. The van der Waals surface area contributed by atoms with E-state index in [2.05, 4.69) is 179 Å². The Morgan fingerprint density at radius 1 is 0.321 bits per heavy atom. The van der Waals surface area contributed by atoms with Gasteiger partial charge in [-0.3, -0.25) is 0 Å². The smallest absolute Gasteiger partial charge is 0.137 e. The fourth-order valence-electron chi connectivity index (χ4n) is 9.63. The fraction of sp³-hybridized carbons (Fsp3) is 0. The lowest BCUT2D eigenvalue weighted by molar-refractivity contribution is 0.669. The van der Waals surface area contributed by atoms with Gasteiger partial charge in [0.05, 0.1) is 27.5 Å². The van der Waals surface area contributed by atoms with Crippen LogP contribution >= 0.6 is 0 Å². The Labute approximate surface area is 303 Å². The molecule has 0 saturated carbocycles.